The molecule has 0 unspecified atom stereocenters. The van der Waals surface area contributed by atoms with Gasteiger partial charge in [0.25, 0.3) is 0 Å². The summed E-state index contributed by atoms with van der Waals surface area (Å²) in [5.41, 5.74) is 5.71. The Morgan fingerprint density at radius 1 is 1.45 bits per heavy atom. The lowest BCUT2D eigenvalue weighted by Crippen LogP contribution is -2.20. The molecule has 114 valence electrons. The number of nitrogens with one attached hydrogen (secondary N) is 1. The molecule has 0 bridgehead atoms. The van der Waals surface area contributed by atoms with Gasteiger partial charge < -0.3 is 0 Å². The van der Waals surface area contributed by atoms with E-state index in [1.807, 2.05) is 42.9 Å². The highest BCUT2D eigenvalue weighted by Crippen LogP contribution is 2.47. The summed E-state index contributed by atoms with van der Waals surface area (Å²) in [4.78, 5) is 12.1. The largest absolute Gasteiger partial charge is 0.273 e. The van der Waals surface area contributed by atoms with Crippen molar-refractivity contribution in [1.82, 2.24) is 15.2 Å². The summed E-state index contributed by atoms with van der Waals surface area (Å²) in [5, 5.41) is 8.40. The van der Waals surface area contributed by atoms with E-state index >= 15 is 0 Å². The summed E-state index contributed by atoms with van der Waals surface area (Å²) >= 11 is 0. The van der Waals surface area contributed by atoms with Crippen molar-refractivity contribution < 1.29 is 4.79 Å². The number of hydrogen-bond donors (Lipinski definition) is 1. The van der Waals surface area contributed by atoms with Gasteiger partial charge in [-0.2, -0.15) is 10.2 Å². The van der Waals surface area contributed by atoms with Crippen LogP contribution in [0.2, 0.25) is 0 Å². The number of rotatable bonds is 5. The first kappa shape index (κ1) is 14.5. The standard InChI is InChI=1S/C17H20N4O/c1-3-21-11-14(12(2)20-21)10-18-19-17(22)16-9-15(16)13-7-5-4-6-8-13/h4-8,10-11,15-16H,3,9H2,1-2H3,(H,19,22)/b18-10-/t15-,16-/m0/s1. The summed E-state index contributed by atoms with van der Waals surface area (Å²) < 4.78 is 1.85. The predicted octanol–water partition coefficient (Wildman–Crippen LogP) is 2.47. The molecule has 1 heterocycles. The Bertz CT molecular complexity index is 690. The van der Waals surface area contributed by atoms with Crippen LogP contribution in [0.3, 0.4) is 0 Å². The van der Waals surface area contributed by atoms with Crippen LogP contribution in [-0.2, 0) is 11.3 Å². The lowest BCUT2D eigenvalue weighted by molar-refractivity contribution is -0.122. The molecule has 0 saturated heterocycles. The molecule has 0 spiro atoms. The van der Waals surface area contributed by atoms with Crippen molar-refractivity contribution in [1.29, 1.82) is 0 Å². The third-order valence-corrected chi connectivity index (χ3v) is 4.04. The molecule has 22 heavy (non-hydrogen) atoms. The van der Waals surface area contributed by atoms with Gasteiger partial charge in [-0.15, -0.1) is 0 Å². The van der Waals surface area contributed by atoms with Crippen LogP contribution >= 0.6 is 0 Å². The van der Waals surface area contributed by atoms with Gasteiger partial charge in [-0.1, -0.05) is 30.3 Å². The maximum absolute atomic E-state index is 12.1. The fourth-order valence-electron chi connectivity index (χ4n) is 2.62. The van der Waals surface area contributed by atoms with Gasteiger partial charge in [0.1, 0.15) is 0 Å². The minimum Gasteiger partial charge on any atom is -0.273 e. The Morgan fingerprint density at radius 2 is 2.23 bits per heavy atom. The molecule has 3 rings (SSSR count). The summed E-state index contributed by atoms with van der Waals surface area (Å²) in [6.07, 6.45) is 4.49. The monoisotopic (exact) mass is 296 g/mol. The third-order valence-electron chi connectivity index (χ3n) is 4.04. The number of hydrogen-bond acceptors (Lipinski definition) is 3. The van der Waals surface area contributed by atoms with Gasteiger partial charge in [-0.25, -0.2) is 5.43 Å². The lowest BCUT2D eigenvalue weighted by atomic mass is 10.1. The van der Waals surface area contributed by atoms with E-state index in [0.717, 1.165) is 24.2 Å². The Morgan fingerprint density at radius 3 is 2.91 bits per heavy atom. The molecule has 1 aromatic heterocycles. The second-order valence-electron chi connectivity index (χ2n) is 5.62. The number of aryl methyl sites for hydroxylation is 2. The number of hydrazone groups is 1. The first-order valence-electron chi connectivity index (χ1n) is 7.61. The van der Waals surface area contributed by atoms with Crippen molar-refractivity contribution in [2.75, 3.05) is 0 Å². The smallest absolute Gasteiger partial charge is 0.243 e. The SMILES string of the molecule is CCn1cc(/C=N\NC(=O)[C@H]2C[C@H]2c2ccccc2)c(C)n1. The van der Waals surface area contributed by atoms with Gasteiger partial charge in [0.2, 0.25) is 5.91 Å². The molecule has 1 N–H and O–H groups in total. The highest BCUT2D eigenvalue weighted by molar-refractivity contribution is 5.85. The molecule has 2 atom stereocenters. The van der Waals surface area contributed by atoms with E-state index in [9.17, 15) is 4.79 Å². The second kappa shape index (κ2) is 6.13. The minimum atomic E-state index is -0.00867. The van der Waals surface area contributed by atoms with Gasteiger partial charge in [0.05, 0.1) is 11.9 Å². The van der Waals surface area contributed by atoms with E-state index in [1.54, 1.807) is 6.21 Å². The van der Waals surface area contributed by atoms with Gasteiger partial charge >= 0.3 is 0 Å². The first-order valence-corrected chi connectivity index (χ1v) is 7.61. The van der Waals surface area contributed by atoms with Crippen LogP contribution in [0.5, 0.6) is 0 Å². The summed E-state index contributed by atoms with van der Waals surface area (Å²) in [6.45, 7) is 4.79. The third kappa shape index (κ3) is 3.08. The number of amides is 1. The van der Waals surface area contributed by atoms with Crippen molar-refractivity contribution in [2.24, 2.45) is 11.0 Å². The van der Waals surface area contributed by atoms with Crippen molar-refractivity contribution in [3.63, 3.8) is 0 Å². The maximum Gasteiger partial charge on any atom is 0.243 e. The average molecular weight is 296 g/mol. The van der Waals surface area contributed by atoms with E-state index in [-0.39, 0.29) is 11.8 Å². The van der Waals surface area contributed by atoms with Crippen molar-refractivity contribution in [3.8, 4) is 0 Å². The Labute approximate surface area is 130 Å². The number of benzene rings is 1. The fraction of sp³-hybridized carbons (Fsp3) is 0.353. The summed E-state index contributed by atoms with van der Waals surface area (Å²) in [6, 6.07) is 10.2. The zero-order valence-electron chi connectivity index (χ0n) is 12.9. The average Bonchev–Trinajstić information content (AvgIpc) is 3.27. The van der Waals surface area contributed by atoms with Gasteiger partial charge in [0.15, 0.2) is 0 Å². The molecule has 1 saturated carbocycles. The van der Waals surface area contributed by atoms with E-state index in [0.29, 0.717) is 5.92 Å². The molecule has 0 aliphatic heterocycles. The zero-order chi connectivity index (χ0) is 15.5. The van der Waals surface area contributed by atoms with Gasteiger partial charge in [-0.3, -0.25) is 9.48 Å². The molecule has 1 aliphatic carbocycles. The van der Waals surface area contributed by atoms with Crippen molar-refractivity contribution >= 4 is 12.1 Å². The minimum absolute atomic E-state index is 0.00867. The Balaban J connectivity index is 1.55. The lowest BCUT2D eigenvalue weighted by Gasteiger charge is -1.99. The molecule has 1 amide bonds. The quantitative estimate of drug-likeness (QED) is 0.680. The second-order valence-corrected chi connectivity index (χ2v) is 5.62. The number of aromatic nitrogens is 2. The van der Waals surface area contributed by atoms with E-state index < -0.39 is 0 Å². The van der Waals surface area contributed by atoms with Crippen LogP contribution in [0.15, 0.2) is 41.6 Å². The van der Waals surface area contributed by atoms with Crippen LogP contribution < -0.4 is 5.43 Å². The molecular formula is C17H20N4O. The van der Waals surface area contributed by atoms with E-state index in [4.69, 9.17) is 0 Å². The first-order chi connectivity index (χ1) is 10.7. The molecule has 0 radical (unpaired) electrons. The van der Waals surface area contributed by atoms with Crippen LogP contribution in [0.4, 0.5) is 0 Å². The fourth-order valence-corrected chi connectivity index (χ4v) is 2.62. The number of nitrogens with zero attached hydrogens (tertiary/aromatic N) is 3. The van der Waals surface area contributed by atoms with Crippen LogP contribution in [0.25, 0.3) is 0 Å². The van der Waals surface area contributed by atoms with Gasteiger partial charge in [-0.05, 0) is 31.7 Å². The molecule has 1 fully saturated rings. The van der Waals surface area contributed by atoms with Crippen LogP contribution in [0, 0.1) is 12.8 Å². The molecule has 5 heteroatoms. The zero-order valence-corrected chi connectivity index (χ0v) is 12.9. The molecular weight excluding hydrogens is 276 g/mol. The topological polar surface area (TPSA) is 59.3 Å². The van der Waals surface area contributed by atoms with Crippen LogP contribution in [-0.4, -0.2) is 21.9 Å². The summed E-state index contributed by atoms with van der Waals surface area (Å²) in [7, 11) is 0. The van der Waals surface area contributed by atoms with E-state index in [2.05, 4.69) is 27.8 Å². The van der Waals surface area contributed by atoms with Crippen LogP contribution in [0.1, 0.15) is 36.1 Å². The Kier molecular flexibility index (Phi) is 4.04. The predicted molar refractivity (Wildman–Crippen MR) is 85.7 cm³/mol. The van der Waals surface area contributed by atoms with E-state index in [1.165, 1.54) is 5.56 Å². The van der Waals surface area contributed by atoms with Crippen molar-refractivity contribution in [3.05, 3.63) is 53.3 Å². The molecule has 1 aromatic carbocycles. The molecule has 5 nitrogen and oxygen atoms in total. The molecule has 1 aliphatic rings. The number of carbonyl (C=O) groups is 1. The van der Waals surface area contributed by atoms with Gasteiger partial charge in [0, 0.05) is 24.2 Å². The highest BCUT2D eigenvalue weighted by atomic mass is 16.2. The number of carbonyl (C=O) groups excluding carboxylic acids is 1. The summed E-state index contributed by atoms with van der Waals surface area (Å²) in [5.74, 6) is 0.366. The maximum atomic E-state index is 12.1. The molecule has 2 aromatic rings. The normalized spacial score (nSPS) is 20.3. The highest BCUT2D eigenvalue weighted by Gasteiger charge is 2.43. The van der Waals surface area contributed by atoms with Crippen molar-refractivity contribution in [2.45, 2.75) is 32.7 Å². The Hall–Kier alpha value is -2.43.